The molecule has 0 aliphatic carbocycles. The summed E-state index contributed by atoms with van der Waals surface area (Å²) in [7, 11) is 1.79. The van der Waals surface area contributed by atoms with Crippen LogP contribution in [0.5, 0.6) is 11.5 Å². The fraction of sp³-hybridized carbons (Fsp3) is 0.161. The van der Waals surface area contributed by atoms with Crippen molar-refractivity contribution in [3.63, 3.8) is 0 Å². The van der Waals surface area contributed by atoms with E-state index in [1.807, 2.05) is 54.6 Å². The predicted molar refractivity (Wildman–Crippen MR) is 151 cm³/mol. The number of nitrogens with zero attached hydrogens (tertiary/aromatic N) is 2. The number of hydrogen-bond acceptors (Lipinski definition) is 4. The lowest BCUT2D eigenvalue weighted by Crippen LogP contribution is -2.39. The van der Waals surface area contributed by atoms with E-state index in [2.05, 4.69) is 15.5 Å². The standard InChI is InChI=1S/C31H29FN4O3/c1-35(30(37)22-7-9-23(32)10-8-22)27-19-20-36(21-27)26-15-11-24(12-16-26)33-31(38)34-25-13-17-29(18-14-25)39-28-5-3-2-4-6-28/h2-18,27H,19-21H2,1H3,(H2,33,34,38). The third-order valence-electron chi connectivity index (χ3n) is 6.70. The fourth-order valence-electron chi connectivity index (χ4n) is 4.53. The number of likely N-dealkylation sites (N-methyl/N-ethyl adjacent to an activating group) is 1. The van der Waals surface area contributed by atoms with Gasteiger partial charge in [0, 0.05) is 42.8 Å². The van der Waals surface area contributed by atoms with Crippen LogP contribution in [-0.4, -0.2) is 43.0 Å². The summed E-state index contributed by atoms with van der Waals surface area (Å²) in [5.74, 6) is 0.943. The van der Waals surface area contributed by atoms with Crippen LogP contribution in [0.4, 0.5) is 26.2 Å². The highest BCUT2D eigenvalue weighted by Crippen LogP contribution is 2.26. The molecule has 4 aromatic rings. The van der Waals surface area contributed by atoms with E-state index in [0.717, 1.165) is 24.4 Å². The Hall–Kier alpha value is -4.85. The maximum atomic E-state index is 13.2. The Kier molecular flexibility index (Phi) is 7.73. The third-order valence-corrected chi connectivity index (χ3v) is 6.70. The van der Waals surface area contributed by atoms with Gasteiger partial charge in [0.05, 0.1) is 6.04 Å². The number of amides is 3. The fourth-order valence-corrected chi connectivity index (χ4v) is 4.53. The van der Waals surface area contributed by atoms with Crippen molar-refractivity contribution in [2.45, 2.75) is 12.5 Å². The molecule has 2 N–H and O–H groups in total. The highest BCUT2D eigenvalue weighted by atomic mass is 19.1. The second-order valence-electron chi connectivity index (χ2n) is 9.38. The van der Waals surface area contributed by atoms with Crippen LogP contribution < -0.4 is 20.3 Å². The number of para-hydroxylation sites is 1. The van der Waals surface area contributed by atoms with Crippen molar-refractivity contribution in [1.82, 2.24) is 4.90 Å². The molecule has 1 aliphatic heterocycles. The minimum Gasteiger partial charge on any atom is -0.457 e. The number of nitrogens with one attached hydrogen (secondary N) is 2. The average molecular weight is 525 g/mol. The zero-order chi connectivity index (χ0) is 27.2. The summed E-state index contributed by atoms with van der Waals surface area (Å²) in [4.78, 5) is 29.2. The van der Waals surface area contributed by atoms with Gasteiger partial charge in [-0.3, -0.25) is 4.79 Å². The van der Waals surface area contributed by atoms with Gasteiger partial charge in [0.25, 0.3) is 5.91 Å². The first kappa shape index (κ1) is 25.8. The minimum absolute atomic E-state index is 0.0515. The number of ether oxygens (including phenoxy) is 1. The molecule has 1 atom stereocenters. The SMILES string of the molecule is CN(C(=O)c1ccc(F)cc1)C1CCN(c2ccc(NC(=O)Nc3ccc(Oc4ccccc4)cc3)cc2)C1. The average Bonchev–Trinajstić information content (AvgIpc) is 3.45. The number of urea groups is 1. The topological polar surface area (TPSA) is 73.9 Å². The van der Waals surface area contributed by atoms with E-state index >= 15 is 0 Å². The van der Waals surface area contributed by atoms with Crippen molar-refractivity contribution < 1.29 is 18.7 Å². The molecule has 198 valence electrons. The molecule has 5 rings (SSSR count). The first-order valence-electron chi connectivity index (χ1n) is 12.7. The first-order valence-corrected chi connectivity index (χ1v) is 12.7. The molecule has 0 aromatic heterocycles. The van der Waals surface area contributed by atoms with Crippen LogP contribution in [0.15, 0.2) is 103 Å². The van der Waals surface area contributed by atoms with Crippen LogP contribution in [0.3, 0.4) is 0 Å². The van der Waals surface area contributed by atoms with Crippen molar-refractivity contribution in [3.8, 4) is 11.5 Å². The lowest BCUT2D eigenvalue weighted by molar-refractivity contribution is 0.0745. The molecule has 1 saturated heterocycles. The Morgan fingerprint density at radius 3 is 2.05 bits per heavy atom. The maximum Gasteiger partial charge on any atom is 0.323 e. The van der Waals surface area contributed by atoms with E-state index in [1.54, 1.807) is 36.2 Å². The van der Waals surface area contributed by atoms with E-state index in [1.165, 1.54) is 24.3 Å². The Bertz CT molecular complexity index is 1410. The van der Waals surface area contributed by atoms with Gasteiger partial charge in [0.1, 0.15) is 17.3 Å². The van der Waals surface area contributed by atoms with E-state index in [4.69, 9.17) is 4.74 Å². The van der Waals surface area contributed by atoms with Crippen LogP contribution in [0.2, 0.25) is 0 Å². The van der Waals surface area contributed by atoms with Crippen molar-refractivity contribution >= 4 is 29.0 Å². The smallest absolute Gasteiger partial charge is 0.323 e. The summed E-state index contributed by atoms with van der Waals surface area (Å²) in [5.41, 5.74) is 2.80. The molecule has 8 heteroatoms. The lowest BCUT2D eigenvalue weighted by Gasteiger charge is -2.25. The molecular formula is C31H29FN4O3. The van der Waals surface area contributed by atoms with Gasteiger partial charge in [0.15, 0.2) is 0 Å². The quantitative estimate of drug-likeness (QED) is 0.285. The molecule has 0 spiro atoms. The van der Waals surface area contributed by atoms with Gasteiger partial charge in [-0.1, -0.05) is 18.2 Å². The second kappa shape index (κ2) is 11.7. The molecule has 1 aliphatic rings. The van der Waals surface area contributed by atoms with Gasteiger partial charge in [0.2, 0.25) is 0 Å². The van der Waals surface area contributed by atoms with Crippen molar-refractivity contribution in [3.05, 3.63) is 115 Å². The van der Waals surface area contributed by atoms with Gasteiger partial charge >= 0.3 is 6.03 Å². The molecule has 39 heavy (non-hydrogen) atoms. The number of halogens is 1. The molecule has 3 amide bonds. The van der Waals surface area contributed by atoms with E-state index in [-0.39, 0.29) is 23.8 Å². The van der Waals surface area contributed by atoms with Crippen molar-refractivity contribution in [1.29, 1.82) is 0 Å². The summed E-state index contributed by atoms with van der Waals surface area (Å²) >= 11 is 0. The molecule has 1 unspecified atom stereocenters. The Morgan fingerprint density at radius 2 is 1.41 bits per heavy atom. The van der Waals surface area contributed by atoms with Crippen molar-refractivity contribution in [2.75, 3.05) is 35.7 Å². The summed E-state index contributed by atoms with van der Waals surface area (Å²) in [6.07, 6.45) is 0.834. The number of anilines is 3. The van der Waals surface area contributed by atoms with Gasteiger partial charge in [-0.15, -0.1) is 0 Å². The largest absolute Gasteiger partial charge is 0.457 e. The zero-order valence-electron chi connectivity index (χ0n) is 21.5. The van der Waals surface area contributed by atoms with Gasteiger partial charge in [-0.2, -0.15) is 0 Å². The highest BCUT2D eigenvalue weighted by molar-refractivity contribution is 5.99. The molecular weight excluding hydrogens is 495 g/mol. The minimum atomic E-state index is -0.361. The van der Waals surface area contributed by atoms with Crippen LogP contribution >= 0.6 is 0 Å². The van der Waals surface area contributed by atoms with Crippen LogP contribution in [-0.2, 0) is 0 Å². The molecule has 0 saturated carbocycles. The third kappa shape index (κ3) is 6.54. The number of carbonyl (C=O) groups excluding carboxylic acids is 2. The van der Waals surface area contributed by atoms with Gasteiger partial charge < -0.3 is 25.2 Å². The molecule has 1 fully saturated rings. The zero-order valence-corrected chi connectivity index (χ0v) is 21.5. The second-order valence-corrected chi connectivity index (χ2v) is 9.38. The van der Waals surface area contributed by atoms with Crippen LogP contribution in [0.25, 0.3) is 0 Å². The first-order chi connectivity index (χ1) is 18.9. The summed E-state index contributed by atoms with van der Waals surface area (Å²) < 4.78 is 19.0. The lowest BCUT2D eigenvalue weighted by atomic mass is 10.1. The summed E-state index contributed by atoms with van der Waals surface area (Å²) in [6.45, 7) is 1.50. The van der Waals surface area contributed by atoms with Gasteiger partial charge in [-0.25, -0.2) is 9.18 Å². The molecule has 0 radical (unpaired) electrons. The normalized spacial score (nSPS) is 14.5. The Balaban J connectivity index is 1.11. The number of carbonyl (C=O) groups is 2. The summed E-state index contributed by atoms with van der Waals surface area (Å²) in [5, 5.41) is 5.67. The molecule has 0 bridgehead atoms. The monoisotopic (exact) mass is 524 g/mol. The van der Waals surface area contributed by atoms with Crippen molar-refractivity contribution in [2.24, 2.45) is 0 Å². The van der Waals surface area contributed by atoms with E-state index in [9.17, 15) is 14.0 Å². The molecule has 1 heterocycles. The predicted octanol–water partition coefficient (Wildman–Crippen LogP) is 6.61. The van der Waals surface area contributed by atoms with Crippen LogP contribution in [0, 0.1) is 5.82 Å². The van der Waals surface area contributed by atoms with Gasteiger partial charge in [-0.05, 0) is 91.3 Å². The number of rotatable bonds is 7. The Morgan fingerprint density at radius 1 is 0.821 bits per heavy atom. The number of hydrogen-bond donors (Lipinski definition) is 2. The molecule has 7 nitrogen and oxygen atoms in total. The molecule has 4 aromatic carbocycles. The maximum absolute atomic E-state index is 13.2. The summed E-state index contributed by atoms with van der Waals surface area (Å²) in [6, 6.07) is 29.6. The van der Waals surface area contributed by atoms with E-state index < -0.39 is 0 Å². The number of benzene rings is 4. The van der Waals surface area contributed by atoms with Crippen LogP contribution in [0.1, 0.15) is 16.8 Å². The Labute approximate surface area is 226 Å². The highest BCUT2D eigenvalue weighted by Gasteiger charge is 2.29. The van der Waals surface area contributed by atoms with E-state index in [0.29, 0.717) is 29.2 Å².